The molecule has 0 saturated heterocycles. The van der Waals surface area contributed by atoms with Gasteiger partial charge in [-0.25, -0.2) is 0 Å². The summed E-state index contributed by atoms with van der Waals surface area (Å²) < 4.78 is 0. The molecule has 1 heteroatoms. The highest BCUT2D eigenvalue weighted by Crippen LogP contribution is 2.30. The van der Waals surface area contributed by atoms with E-state index in [0.717, 1.165) is 18.5 Å². The summed E-state index contributed by atoms with van der Waals surface area (Å²) in [6.07, 6.45) is 7.07. The van der Waals surface area contributed by atoms with Gasteiger partial charge in [-0.05, 0) is 53.6 Å². The molecule has 19 heavy (non-hydrogen) atoms. The minimum Gasteiger partial charge on any atom is -0.398 e. The second kappa shape index (κ2) is 6.60. The molecule has 0 spiro atoms. The maximum Gasteiger partial charge on any atom is 0.0385 e. The number of anilines is 1. The number of hydrogen-bond acceptors (Lipinski definition) is 1. The van der Waals surface area contributed by atoms with Gasteiger partial charge in [0.1, 0.15) is 0 Å². The summed E-state index contributed by atoms with van der Waals surface area (Å²) in [5.41, 5.74) is 10.2. The fourth-order valence-corrected chi connectivity index (χ4v) is 2.70. The molecular formula is C18H25N. The summed E-state index contributed by atoms with van der Waals surface area (Å²) in [6, 6.07) is 10.9. The lowest BCUT2D eigenvalue weighted by atomic mass is 9.93. The lowest BCUT2D eigenvalue weighted by Gasteiger charge is -2.15. The van der Waals surface area contributed by atoms with Crippen molar-refractivity contribution in [3.8, 4) is 0 Å². The molecule has 2 N–H and O–H groups in total. The number of aryl methyl sites for hydroxylation is 2. The first-order chi connectivity index (χ1) is 9.27. The van der Waals surface area contributed by atoms with E-state index in [1.165, 1.54) is 47.6 Å². The Balaban J connectivity index is 2.49. The van der Waals surface area contributed by atoms with Crippen LogP contribution in [0, 0.1) is 0 Å². The van der Waals surface area contributed by atoms with E-state index < -0.39 is 0 Å². The third-order valence-corrected chi connectivity index (χ3v) is 3.87. The fraction of sp³-hybridized carbons (Fsp3) is 0.444. The zero-order chi connectivity index (χ0) is 13.7. The molecule has 0 heterocycles. The van der Waals surface area contributed by atoms with Crippen molar-refractivity contribution in [2.75, 3.05) is 5.73 Å². The standard InChI is InChI=1S/C18H25N/c1-3-5-9-15-13-14-10-7-8-12-16(14)17(18(15)19)11-6-4-2/h7-8,10,12-13H,3-6,9,11,19H2,1-2H3. The van der Waals surface area contributed by atoms with E-state index in [0.29, 0.717) is 0 Å². The maximum atomic E-state index is 6.43. The molecule has 0 aromatic heterocycles. The van der Waals surface area contributed by atoms with Crippen LogP contribution in [0.2, 0.25) is 0 Å². The quantitative estimate of drug-likeness (QED) is 0.713. The van der Waals surface area contributed by atoms with Crippen LogP contribution in [0.4, 0.5) is 5.69 Å². The molecule has 102 valence electrons. The molecule has 0 saturated carbocycles. The third kappa shape index (κ3) is 3.09. The van der Waals surface area contributed by atoms with Crippen LogP contribution in [0.1, 0.15) is 50.7 Å². The van der Waals surface area contributed by atoms with E-state index in [4.69, 9.17) is 5.73 Å². The van der Waals surface area contributed by atoms with Crippen LogP contribution in [0.25, 0.3) is 10.8 Å². The average molecular weight is 255 g/mol. The minimum absolute atomic E-state index is 1.04. The zero-order valence-corrected chi connectivity index (χ0v) is 12.2. The number of benzene rings is 2. The summed E-state index contributed by atoms with van der Waals surface area (Å²) in [6.45, 7) is 4.47. The van der Waals surface area contributed by atoms with Crippen molar-refractivity contribution in [3.63, 3.8) is 0 Å². The first kappa shape index (κ1) is 13.9. The minimum atomic E-state index is 1.04. The maximum absolute atomic E-state index is 6.43. The number of rotatable bonds is 6. The van der Waals surface area contributed by atoms with E-state index in [1.54, 1.807) is 0 Å². The van der Waals surface area contributed by atoms with Gasteiger partial charge in [0.2, 0.25) is 0 Å². The molecule has 0 fully saturated rings. The molecule has 0 aliphatic rings. The molecule has 2 rings (SSSR count). The van der Waals surface area contributed by atoms with Crippen molar-refractivity contribution in [2.45, 2.75) is 52.4 Å². The molecular weight excluding hydrogens is 230 g/mol. The van der Waals surface area contributed by atoms with Crippen LogP contribution in [0.5, 0.6) is 0 Å². The van der Waals surface area contributed by atoms with Crippen molar-refractivity contribution in [2.24, 2.45) is 0 Å². The lowest BCUT2D eigenvalue weighted by Crippen LogP contribution is -2.02. The van der Waals surface area contributed by atoms with Crippen molar-refractivity contribution >= 4 is 16.5 Å². The van der Waals surface area contributed by atoms with Gasteiger partial charge in [0.25, 0.3) is 0 Å². The monoisotopic (exact) mass is 255 g/mol. The number of fused-ring (bicyclic) bond motifs is 1. The smallest absolute Gasteiger partial charge is 0.0385 e. The Morgan fingerprint density at radius 1 is 0.947 bits per heavy atom. The van der Waals surface area contributed by atoms with Crippen LogP contribution in [-0.2, 0) is 12.8 Å². The Morgan fingerprint density at radius 2 is 1.63 bits per heavy atom. The van der Waals surface area contributed by atoms with Crippen LogP contribution >= 0.6 is 0 Å². The van der Waals surface area contributed by atoms with Crippen LogP contribution in [0.15, 0.2) is 30.3 Å². The van der Waals surface area contributed by atoms with E-state index in [9.17, 15) is 0 Å². The second-order valence-corrected chi connectivity index (χ2v) is 5.36. The molecule has 0 aliphatic heterocycles. The van der Waals surface area contributed by atoms with Gasteiger partial charge in [-0.15, -0.1) is 0 Å². The van der Waals surface area contributed by atoms with Gasteiger partial charge >= 0.3 is 0 Å². The molecule has 0 bridgehead atoms. The number of nitrogens with two attached hydrogens (primary N) is 1. The summed E-state index contributed by atoms with van der Waals surface area (Å²) in [7, 11) is 0. The third-order valence-electron chi connectivity index (χ3n) is 3.87. The molecule has 0 amide bonds. The van der Waals surface area contributed by atoms with Gasteiger partial charge in [-0.3, -0.25) is 0 Å². The van der Waals surface area contributed by atoms with Crippen molar-refractivity contribution in [1.82, 2.24) is 0 Å². The number of nitrogen functional groups attached to an aromatic ring is 1. The van der Waals surface area contributed by atoms with Crippen LogP contribution in [0.3, 0.4) is 0 Å². The second-order valence-electron chi connectivity index (χ2n) is 5.36. The van der Waals surface area contributed by atoms with E-state index >= 15 is 0 Å². The predicted molar refractivity (Wildman–Crippen MR) is 85.6 cm³/mol. The Labute approximate surface area is 116 Å². The number of unbranched alkanes of at least 4 members (excludes halogenated alkanes) is 2. The van der Waals surface area contributed by atoms with Crippen LogP contribution < -0.4 is 5.73 Å². The van der Waals surface area contributed by atoms with Crippen molar-refractivity contribution in [1.29, 1.82) is 0 Å². The summed E-state index contributed by atoms with van der Waals surface area (Å²) >= 11 is 0. The normalized spacial score (nSPS) is 11.1. The highest BCUT2D eigenvalue weighted by Gasteiger charge is 2.10. The average Bonchev–Trinajstić information content (AvgIpc) is 2.44. The first-order valence-electron chi connectivity index (χ1n) is 7.56. The Hall–Kier alpha value is -1.50. The largest absolute Gasteiger partial charge is 0.398 e. The molecule has 0 radical (unpaired) electrons. The first-order valence-corrected chi connectivity index (χ1v) is 7.56. The predicted octanol–water partition coefficient (Wildman–Crippen LogP) is 5.11. The van der Waals surface area contributed by atoms with Gasteiger partial charge in [-0.1, -0.05) is 51.0 Å². The zero-order valence-electron chi connectivity index (χ0n) is 12.2. The SMILES string of the molecule is CCCCc1cc2ccccc2c(CCCC)c1N. The van der Waals surface area contributed by atoms with E-state index in [2.05, 4.69) is 44.2 Å². The van der Waals surface area contributed by atoms with Gasteiger partial charge in [0.15, 0.2) is 0 Å². The van der Waals surface area contributed by atoms with Gasteiger partial charge < -0.3 is 5.73 Å². The molecule has 2 aromatic carbocycles. The summed E-state index contributed by atoms with van der Waals surface area (Å²) in [5.74, 6) is 0. The topological polar surface area (TPSA) is 26.0 Å². The summed E-state index contributed by atoms with van der Waals surface area (Å²) in [5, 5.41) is 2.68. The van der Waals surface area contributed by atoms with E-state index in [1.807, 2.05) is 0 Å². The summed E-state index contributed by atoms with van der Waals surface area (Å²) in [4.78, 5) is 0. The van der Waals surface area contributed by atoms with Crippen molar-refractivity contribution < 1.29 is 0 Å². The number of hydrogen-bond donors (Lipinski definition) is 1. The highest BCUT2D eigenvalue weighted by atomic mass is 14.6. The van der Waals surface area contributed by atoms with E-state index in [-0.39, 0.29) is 0 Å². The molecule has 1 nitrogen and oxygen atoms in total. The van der Waals surface area contributed by atoms with Gasteiger partial charge in [0, 0.05) is 5.69 Å². The van der Waals surface area contributed by atoms with Crippen LogP contribution in [-0.4, -0.2) is 0 Å². The molecule has 0 atom stereocenters. The highest BCUT2D eigenvalue weighted by molar-refractivity contribution is 5.91. The van der Waals surface area contributed by atoms with Gasteiger partial charge in [-0.2, -0.15) is 0 Å². The van der Waals surface area contributed by atoms with Gasteiger partial charge in [0.05, 0.1) is 0 Å². The molecule has 0 aliphatic carbocycles. The molecule has 2 aromatic rings. The van der Waals surface area contributed by atoms with Crippen molar-refractivity contribution in [3.05, 3.63) is 41.5 Å². The molecule has 0 unspecified atom stereocenters. The fourth-order valence-electron chi connectivity index (χ4n) is 2.70. The lowest BCUT2D eigenvalue weighted by molar-refractivity contribution is 0.786. The Kier molecular flexibility index (Phi) is 4.84. The Morgan fingerprint density at radius 3 is 2.37 bits per heavy atom. The Bertz CT molecular complexity index is 543.